The molecule has 1 aromatic heterocycles. The number of nitrogens with zero attached hydrogens (tertiary/aromatic N) is 1. The third kappa shape index (κ3) is 5.22. The van der Waals surface area contributed by atoms with Gasteiger partial charge in [0.15, 0.2) is 0 Å². The van der Waals surface area contributed by atoms with Crippen LogP contribution >= 0.6 is 11.6 Å². The van der Waals surface area contributed by atoms with Crippen LogP contribution in [0.4, 0.5) is 0 Å². The molecule has 0 saturated heterocycles. The Kier molecular flexibility index (Phi) is 6.64. The van der Waals surface area contributed by atoms with Crippen LogP contribution in [0.3, 0.4) is 0 Å². The van der Waals surface area contributed by atoms with E-state index in [1.54, 1.807) is 18.2 Å². The Morgan fingerprint density at radius 3 is 2.62 bits per heavy atom. The fourth-order valence-corrected chi connectivity index (χ4v) is 3.84. The molecule has 3 aromatic carbocycles. The Balaban J connectivity index is 1.45. The van der Waals surface area contributed by atoms with E-state index in [4.69, 9.17) is 11.6 Å². The van der Waals surface area contributed by atoms with Gasteiger partial charge in [0.25, 0.3) is 0 Å². The molecule has 0 fully saturated rings. The second-order valence-corrected chi connectivity index (χ2v) is 8.03. The number of benzene rings is 3. The molecule has 0 aliphatic heterocycles. The molecule has 4 rings (SSSR count). The average molecular weight is 444 g/mol. The number of carboxylic acid groups (broad SMARTS) is 1. The van der Waals surface area contributed by atoms with E-state index in [2.05, 4.69) is 11.1 Å². The van der Waals surface area contributed by atoms with Gasteiger partial charge < -0.3 is 10.2 Å². The number of fused-ring (bicyclic) bond motifs is 1. The van der Waals surface area contributed by atoms with Crippen LogP contribution in [0.5, 0.6) is 0 Å². The molecule has 0 aliphatic rings. The van der Waals surface area contributed by atoms with Crippen LogP contribution in [0.15, 0.2) is 78.9 Å². The van der Waals surface area contributed by atoms with Crippen LogP contribution < -0.4 is 0 Å². The minimum absolute atomic E-state index is 0.140. The molecular weight excluding hydrogens is 422 g/mol. The van der Waals surface area contributed by atoms with Gasteiger partial charge in [0.1, 0.15) is 0 Å². The van der Waals surface area contributed by atoms with Crippen molar-refractivity contribution in [2.45, 2.75) is 18.9 Å². The highest BCUT2D eigenvalue weighted by molar-refractivity contribution is 6.31. The van der Waals surface area contributed by atoms with E-state index in [0.29, 0.717) is 23.4 Å². The van der Waals surface area contributed by atoms with E-state index in [9.17, 15) is 15.0 Å². The number of hydrogen-bond acceptors (Lipinski definition) is 3. The Labute approximate surface area is 191 Å². The van der Waals surface area contributed by atoms with Gasteiger partial charge >= 0.3 is 5.97 Å². The summed E-state index contributed by atoms with van der Waals surface area (Å²) in [5, 5.41) is 21.6. The van der Waals surface area contributed by atoms with Gasteiger partial charge in [0.2, 0.25) is 0 Å². The summed E-state index contributed by atoms with van der Waals surface area (Å²) >= 11 is 6.07. The third-order valence-electron chi connectivity index (χ3n) is 5.33. The van der Waals surface area contributed by atoms with Crippen molar-refractivity contribution in [2.24, 2.45) is 0 Å². The van der Waals surface area contributed by atoms with Gasteiger partial charge in [0.05, 0.1) is 22.9 Å². The molecule has 0 bridgehead atoms. The van der Waals surface area contributed by atoms with Gasteiger partial charge in [-0.3, -0.25) is 0 Å². The molecule has 1 unspecified atom stereocenters. The fourth-order valence-electron chi connectivity index (χ4n) is 3.67. The Morgan fingerprint density at radius 1 is 0.969 bits per heavy atom. The summed E-state index contributed by atoms with van der Waals surface area (Å²) in [5.41, 5.74) is 4.36. The molecule has 0 radical (unpaired) electrons. The fraction of sp³-hybridized carbons (Fsp3) is 0.111. The van der Waals surface area contributed by atoms with Gasteiger partial charge in [-0.15, -0.1) is 0 Å². The van der Waals surface area contributed by atoms with E-state index >= 15 is 0 Å². The number of rotatable bonds is 7. The zero-order chi connectivity index (χ0) is 22.5. The van der Waals surface area contributed by atoms with Crippen molar-refractivity contribution in [2.75, 3.05) is 0 Å². The number of pyridine rings is 1. The summed E-state index contributed by atoms with van der Waals surface area (Å²) in [7, 11) is 0. The topological polar surface area (TPSA) is 70.4 Å². The quantitative estimate of drug-likeness (QED) is 0.345. The van der Waals surface area contributed by atoms with Crippen molar-refractivity contribution >= 4 is 40.6 Å². The number of carbonyl (C=O) groups is 1. The molecule has 0 aliphatic carbocycles. The molecule has 2 N–H and O–H groups in total. The van der Waals surface area contributed by atoms with Crippen LogP contribution in [-0.2, 0) is 6.42 Å². The molecule has 0 saturated carbocycles. The van der Waals surface area contributed by atoms with E-state index in [1.807, 2.05) is 60.7 Å². The standard InChI is InChI=1S/C27H22ClNO3/c28-21-12-10-20-11-14-22(29-25(20)17-21)13-8-18-4-3-5-19(16-18)9-15-26(30)23-6-1-2-7-24(23)27(31)32/h1-8,10-14,16-17,26,30H,9,15H2,(H,31,32). The minimum Gasteiger partial charge on any atom is -0.478 e. The lowest BCUT2D eigenvalue weighted by Crippen LogP contribution is -2.08. The first-order chi connectivity index (χ1) is 15.5. The van der Waals surface area contributed by atoms with Gasteiger partial charge in [-0.05, 0) is 59.9 Å². The number of hydrogen-bond donors (Lipinski definition) is 2. The van der Waals surface area contributed by atoms with Crippen molar-refractivity contribution < 1.29 is 15.0 Å². The second kappa shape index (κ2) is 9.77. The van der Waals surface area contributed by atoms with Gasteiger partial charge in [-0.2, -0.15) is 0 Å². The first-order valence-electron chi connectivity index (χ1n) is 10.3. The Bertz CT molecular complexity index is 1300. The van der Waals surface area contributed by atoms with E-state index < -0.39 is 12.1 Å². The number of aryl methyl sites for hydroxylation is 1. The zero-order valence-corrected chi connectivity index (χ0v) is 18.0. The second-order valence-electron chi connectivity index (χ2n) is 7.60. The maximum Gasteiger partial charge on any atom is 0.336 e. The van der Waals surface area contributed by atoms with E-state index in [0.717, 1.165) is 27.7 Å². The number of aliphatic hydroxyl groups excluding tert-OH is 1. The highest BCUT2D eigenvalue weighted by Crippen LogP contribution is 2.24. The summed E-state index contributed by atoms with van der Waals surface area (Å²) in [6, 6.07) is 24.3. The van der Waals surface area contributed by atoms with Gasteiger partial charge in [0, 0.05) is 10.4 Å². The molecule has 1 atom stereocenters. The molecule has 4 aromatic rings. The number of aliphatic hydroxyl groups is 1. The number of aromatic nitrogens is 1. The Hall–Kier alpha value is -3.47. The SMILES string of the molecule is O=C(O)c1ccccc1C(O)CCc1cccc(C=Cc2ccc3ccc(Cl)cc3n2)c1. The number of aromatic carboxylic acids is 1. The van der Waals surface area contributed by atoms with Crippen LogP contribution in [0.25, 0.3) is 23.1 Å². The largest absolute Gasteiger partial charge is 0.478 e. The van der Waals surface area contributed by atoms with Crippen LogP contribution in [0, 0.1) is 0 Å². The normalized spacial score (nSPS) is 12.3. The molecule has 160 valence electrons. The lowest BCUT2D eigenvalue weighted by molar-refractivity contribution is 0.0688. The lowest BCUT2D eigenvalue weighted by Gasteiger charge is -2.13. The average Bonchev–Trinajstić information content (AvgIpc) is 2.81. The van der Waals surface area contributed by atoms with Crippen molar-refractivity contribution in [3.05, 3.63) is 112 Å². The molecule has 0 spiro atoms. The Morgan fingerprint density at radius 2 is 1.78 bits per heavy atom. The third-order valence-corrected chi connectivity index (χ3v) is 5.57. The van der Waals surface area contributed by atoms with Crippen molar-refractivity contribution in [3.8, 4) is 0 Å². The van der Waals surface area contributed by atoms with Crippen LogP contribution in [0.1, 0.15) is 45.3 Å². The number of carboxylic acids is 1. The van der Waals surface area contributed by atoms with Crippen LogP contribution in [-0.4, -0.2) is 21.2 Å². The summed E-state index contributed by atoms with van der Waals surface area (Å²) in [4.78, 5) is 16.0. The summed E-state index contributed by atoms with van der Waals surface area (Å²) in [5.74, 6) is -1.03. The van der Waals surface area contributed by atoms with E-state index in [1.165, 1.54) is 6.07 Å². The maximum atomic E-state index is 11.4. The first kappa shape index (κ1) is 21.8. The van der Waals surface area contributed by atoms with Crippen molar-refractivity contribution in [3.63, 3.8) is 0 Å². The van der Waals surface area contributed by atoms with Gasteiger partial charge in [-0.1, -0.05) is 72.3 Å². The lowest BCUT2D eigenvalue weighted by atomic mass is 9.96. The maximum absolute atomic E-state index is 11.4. The monoisotopic (exact) mass is 443 g/mol. The minimum atomic E-state index is -1.03. The highest BCUT2D eigenvalue weighted by atomic mass is 35.5. The molecule has 1 heterocycles. The molecule has 5 heteroatoms. The zero-order valence-electron chi connectivity index (χ0n) is 17.3. The van der Waals surface area contributed by atoms with E-state index in [-0.39, 0.29) is 5.56 Å². The van der Waals surface area contributed by atoms with Crippen molar-refractivity contribution in [1.29, 1.82) is 0 Å². The summed E-state index contributed by atoms with van der Waals surface area (Å²) < 4.78 is 0. The number of halogens is 1. The summed E-state index contributed by atoms with van der Waals surface area (Å²) in [6.07, 6.45) is 4.18. The summed E-state index contributed by atoms with van der Waals surface area (Å²) in [6.45, 7) is 0. The molecular formula is C27H22ClNO3. The van der Waals surface area contributed by atoms with Gasteiger partial charge in [-0.25, -0.2) is 9.78 Å². The highest BCUT2D eigenvalue weighted by Gasteiger charge is 2.16. The predicted molar refractivity (Wildman–Crippen MR) is 129 cm³/mol. The first-order valence-corrected chi connectivity index (χ1v) is 10.7. The molecule has 0 amide bonds. The van der Waals surface area contributed by atoms with Crippen LogP contribution in [0.2, 0.25) is 5.02 Å². The van der Waals surface area contributed by atoms with Crippen molar-refractivity contribution in [1.82, 2.24) is 4.98 Å². The smallest absolute Gasteiger partial charge is 0.336 e. The predicted octanol–water partition coefficient (Wildman–Crippen LogP) is 6.42. The molecule has 32 heavy (non-hydrogen) atoms. The molecule has 4 nitrogen and oxygen atoms in total.